The fourth-order valence-electron chi connectivity index (χ4n) is 3.22. The highest BCUT2D eigenvalue weighted by Gasteiger charge is 2.33. The number of rotatable bonds is 4. The molecule has 1 fully saturated rings. The van der Waals surface area contributed by atoms with E-state index in [-0.39, 0.29) is 23.9 Å². The van der Waals surface area contributed by atoms with E-state index in [9.17, 15) is 4.79 Å². The molecule has 3 unspecified atom stereocenters. The maximum atomic E-state index is 12.9. The van der Waals surface area contributed by atoms with Gasteiger partial charge in [-0.15, -0.1) is 0 Å². The number of benzene rings is 1. The van der Waals surface area contributed by atoms with Crippen LogP contribution in [-0.4, -0.2) is 29.4 Å². The third-order valence-corrected chi connectivity index (χ3v) is 4.35. The molecule has 110 valence electrons. The van der Waals surface area contributed by atoms with Crippen LogP contribution in [0.1, 0.15) is 51.0 Å². The molecule has 1 aromatic carbocycles. The van der Waals surface area contributed by atoms with Gasteiger partial charge in [-0.3, -0.25) is 4.79 Å². The first kappa shape index (κ1) is 15.0. The van der Waals surface area contributed by atoms with Crippen LogP contribution in [0, 0.1) is 0 Å². The summed E-state index contributed by atoms with van der Waals surface area (Å²) in [4.78, 5) is 15.0. The molecule has 1 aliphatic rings. The van der Waals surface area contributed by atoms with E-state index in [0.717, 1.165) is 31.4 Å². The van der Waals surface area contributed by atoms with Gasteiger partial charge in [0.25, 0.3) is 0 Å². The summed E-state index contributed by atoms with van der Waals surface area (Å²) in [7, 11) is 0. The molecule has 2 N–H and O–H groups in total. The zero-order chi connectivity index (χ0) is 14.5. The van der Waals surface area contributed by atoms with Crippen LogP contribution >= 0.6 is 0 Å². The first-order valence-electron chi connectivity index (χ1n) is 7.76. The quantitative estimate of drug-likeness (QED) is 0.917. The fraction of sp³-hybridized carbons (Fsp3) is 0.588. The maximum absolute atomic E-state index is 12.9. The Morgan fingerprint density at radius 3 is 2.65 bits per heavy atom. The molecule has 0 aromatic heterocycles. The normalized spacial score (nSPS) is 22.4. The van der Waals surface area contributed by atoms with Gasteiger partial charge in [0, 0.05) is 18.6 Å². The number of amides is 1. The molecule has 0 aliphatic carbocycles. The number of nitrogens with two attached hydrogens (primary N) is 1. The van der Waals surface area contributed by atoms with E-state index in [1.807, 2.05) is 30.0 Å². The average molecular weight is 274 g/mol. The van der Waals surface area contributed by atoms with Crippen molar-refractivity contribution in [1.29, 1.82) is 0 Å². The zero-order valence-electron chi connectivity index (χ0n) is 12.6. The lowest BCUT2D eigenvalue weighted by Crippen LogP contribution is -2.52. The second-order valence-corrected chi connectivity index (χ2v) is 5.83. The summed E-state index contributed by atoms with van der Waals surface area (Å²) >= 11 is 0. The van der Waals surface area contributed by atoms with Gasteiger partial charge in [-0.25, -0.2) is 0 Å². The molecule has 0 radical (unpaired) electrons. The molecule has 3 atom stereocenters. The standard InChI is InChI=1S/C17H26N2O/c1-3-15(14-9-5-4-6-10-14)17(20)19-12-8-7-11-16(19)13(2)18/h4-6,9-10,13,15-16H,3,7-8,11-12,18H2,1-2H3. The smallest absolute Gasteiger partial charge is 0.230 e. The fourth-order valence-corrected chi connectivity index (χ4v) is 3.22. The molecule has 0 bridgehead atoms. The zero-order valence-corrected chi connectivity index (χ0v) is 12.6. The third-order valence-electron chi connectivity index (χ3n) is 4.35. The molecule has 3 nitrogen and oxygen atoms in total. The molecule has 1 saturated heterocycles. The van der Waals surface area contributed by atoms with Crippen molar-refractivity contribution in [2.75, 3.05) is 6.54 Å². The van der Waals surface area contributed by atoms with E-state index in [0.29, 0.717) is 0 Å². The van der Waals surface area contributed by atoms with Gasteiger partial charge in [-0.05, 0) is 38.2 Å². The Bertz CT molecular complexity index is 430. The van der Waals surface area contributed by atoms with Crippen LogP contribution in [0.5, 0.6) is 0 Å². The van der Waals surface area contributed by atoms with Gasteiger partial charge in [0.1, 0.15) is 0 Å². The van der Waals surface area contributed by atoms with E-state index < -0.39 is 0 Å². The highest BCUT2D eigenvalue weighted by atomic mass is 16.2. The largest absolute Gasteiger partial charge is 0.338 e. The van der Waals surface area contributed by atoms with Crippen LogP contribution in [0.25, 0.3) is 0 Å². The van der Waals surface area contributed by atoms with E-state index in [1.54, 1.807) is 0 Å². The lowest BCUT2D eigenvalue weighted by atomic mass is 9.91. The third kappa shape index (κ3) is 3.21. The van der Waals surface area contributed by atoms with Crippen LogP contribution in [0.15, 0.2) is 30.3 Å². The number of piperidine rings is 1. The molecule has 1 heterocycles. The van der Waals surface area contributed by atoms with Crippen molar-refractivity contribution in [3.8, 4) is 0 Å². The predicted molar refractivity (Wildman–Crippen MR) is 82.5 cm³/mol. The Labute approximate surface area is 122 Å². The second-order valence-electron chi connectivity index (χ2n) is 5.83. The predicted octanol–water partition coefficient (Wildman–Crippen LogP) is 2.91. The van der Waals surface area contributed by atoms with Gasteiger partial charge in [-0.1, -0.05) is 37.3 Å². The SMILES string of the molecule is CCC(C(=O)N1CCCCC1C(C)N)c1ccccc1. The average Bonchev–Trinajstić information content (AvgIpc) is 2.49. The molecule has 2 rings (SSSR count). The molecular weight excluding hydrogens is 248 g/mol. The molecule has 1 aromatic rings. The van der Waals surface area contributed by atoms with Gasteiger partial charge >= 0.3 is 0 Å². The van der Waals surface area contributed by atoms with E-state index in [4.69, 9.17) is 5.73 Å². The number of hydrogen-bond donors (Lipinski definition) is 1. The summed E-state index contributed by atoms with van der Waals surface area (Å²) in [6.07, 6.45) is 4.15. The summed E-state index contributed by atoms with van der Waals surface area (Å²) in [6, 6.07) is 10.4. The summed E-state index contributed by atoms with van der Waals surface area (Å²) < 4.78 is 0. The first-order valence-corrected chi connectivity index (χ1v) is 7.76. The summed E-state index contributed by atoms with van der Waals surface area (Å²) in [5, 5.41) is 0. The van der Waals surface area contributed by atoms with E-state index >= 15 is 0 Å². The molecule has 1 aliphatic heterocycles. The minimum atomic E-state index is -0.0319. The summed E-state index contributed by atoms with van der Waals surface area (Å²) in [5.74, 6) is 0.219. The Hall–Kier alpha value is -1.35. The van der Waals surface area contributed by atoms with Crippen molar-refractivity contribution in [1.82, 2.24) is 4.90 Å². The van der Waals surface area contributed by atoms with Crippen LogP contribution in [-0.2, 0) is 4.79 Å². The van der Waals surface area contributed by atoms with Gasteiger partial charge in [0.15, 0.2) is 0 Å². The second kappa shape index (κ2) is 6.89. The Kier molecular flexibility index (Phi) is 5.18. The molecule has 1 amide bonds. The number of carbonyl (C=O) groups excluding carboxylic acids is 1. The van der Waals surface area contributed by atoms with Gasteiger partial charge < -0.3 is 10.6 Å². The number of likely N-dealkylation sites (tertiary alicyclic amines) is 1. The number of hydrogen-bond acceptors (Lipinski definition) is 2. The lowest BCUT2D eigenvalue weighted by Gasteiger charge is -2.40. The Morgan fingerprint density at radius 1 is 1.35 bits per heavy atom. The van der Waals surface area contributed by atoms with Crippen LogP contribution in [0.3, 0.4) is 0 Å². The molecule has 0 spiro atoms. The van der Waals surface area contributed by atoms with Crippen LogP contribution in [0.4, 0.5) is 0 Å². The van der Waals surface area contributed by atoms with Crippen molar-refractivity contribution in [2.24, 2.45) is 5.73 Å². The van der Waals surface area contributed by atoms with E-state index in [1.165, 1.54) is 6.42 Å². The van der Waals surface area contributed by atoms with Crippen molar-refractivity contribution in [2.45, 2.75) is 57.5 Å². The summed E-state index contributed by atoms with van der Waals surface area (Å²) in [6.45, 7) is 4.95. The van der Waals surface area contributed by atoms with Gasteiger partial charge in [0.05, 0.1) is 5.92 Å². The van der Waals surface area contributed by atoms with Gasteiger partial charge in [-0.2, -0.15) is 0 Å². The van der Waals surface area contributed by atoms with Crippen molar-refractivity contribution < 1.29 is 4.79 Å². The molecule has 0 saturated carbocycles. The highest BCUT2D eigenvalue weighted by molar-refractivity contribution is 5.84. The van der Waals surface area contributed by atoms with E-state index in [2.05, 4.69) is 19.1 Å². The van der Waals surface area contributed by atoms with Crippen LogP contribution in [0.2, 0.25) is 0 Å². The lowest BCUT2D eigenvalue weighted by molar-refractivity contribution is -0.137. The number of carbonyl (C=O) groups is 1. The Balaban J connectivity index is 2.19. The Morgan fingerprint density at radius 2 is 2.05 bits per heavy atom. The molecule has 3 heteroatoms. The van der Waals surface area contributed by atoms with Crippen molar-refractivity contribution in [3.63, 3.8) is 0 Å². The summed E-state index contributed by atoms with van der Waals surface area (Å²) in [5.41, 5.74) is 7.20. The van der Waals surface area contributed by atoms with Crippen LogP contribution < -0.4 is 5.73 Å². The molecular formula is C17H26N2O. The monoisotopic (exact) mass is 274 g/mol. The topological polar surface area (TPSA) is 46.3 Å². The first-order chi connectivity index (χ1) is 9.65. The highest BCUT2D eigenvalue weighted by Crippen LogP contribution is 2.27. The number of nitrogens with zero attached hydrogens (tertiary/aromatic N) is 1. The minimum absolute atomic E-state index is 0.0319. The van der Waals surface area contributed by atoms with Gasteiger partial charge in [0.2, 0.25) is 5.91 Å². The maximum Gasteiger partial charge on any atom is 0.230 e. The minimum Gasteiger partial charge on any atom is -0.338 e. The molecule has 20 heavy (non-hydrogen) atoms. The van der Waals surface area contributed by atoms with Crippen molar-refractivity contribution >= 4 is 5.91 Å². The van der Waals surface area contributed by atoms with Crippen molar-refractivity contribution in [3.05, 3.63) is 35.9 Å².